The maximum Gasteiger partial charge on any atom is 0.319 e. The third-order valence-corrected chi connectivity index (χ3v) is 5.74. The second-order valence-corrected chi connectivity index (χ2v) is 9.17. The van der Waals surface area contributed by atoms with E-state index in [1.54, 1.807) is 0 Å². The number of rotatable bonds is 6. The second kappa shape index (κ2) is 10.2. The number of aliphatic imine (C=N–C) groups is 1. The Labute approximate surface area is 183 Å². The number of hydrogen-bond acceptors (Lipinski definition) is 5. The van der Waals surface area contributed by atoms with Crippen molar-refractivity contribution in [3.05, 3.63) is 41.6 Å². The van der Waals surface area contributed by atoms with Crippen molar-refractivity contribution in [1.82, 2.24) is 15.5 Å². The number of amidine groups is 1. The SMILES string of the molecule is C[SH+]CC1=CC(N2CCOCC2)=NC(C)(c2ccc(NC(=O)NCC(C)C)cc2)N1. The Kier molecular flexibility index (Phi) is 7.66. The monoisotopic (exact) mass is 432 g/mol. The first-order valence-electron chi connectivity index (χ1n) is 10.5. The highest BCUT2D eigenvalue weighted by atomic mass is 32.2. The fourth-order valence-corrected chi connectivity index (χ4v) is 4.00. The third-order valence-electron chi connectivity index (χ3n) is 5.08. The number of thiol groups is 1. The first-order chi connectivity index (χ1) is 14.4. The van der Waals surface area contributed by atoms with Crippen molar-refractivity contribution < 1.29 is 9.53 Å². The highest BCUT2D eigenvalue weighted by Gasteiger charge is 2.32. The molecule has 164 valence electrons. The zero-order valence-electron chi connectivity index (χ0n) is 18.4. The first kappa shape index (κ1) is 22.5. The van der Waals surface area contributed by atoms with Crippen molar-refractivity contribution in [3.63, 3.8) is 0 Å². The number of ether oxygens (including phenoxy) is 1. The molecular formula is C22H34N5O2S+. The van der Waals surface area contributed by atoms with E-state index in [9.17, 15) is 4.79 Å². The van der Waals surface area contributed by atoms with E-state index in [2.05, 4.69) is 54.0 Å². The van der Waals surface area contributed by atoms with Crippen LogP contribution in [-0.4, -0.2) is 61.6 Å². The van der Waals surface area contributed by atoms with Gasteiger partial charge < -0.3 is 25.6 Å². The minimum atomic E-state index is -0.555. The Morgan fingerprint density at radius 2 is 2.00 bits per heavy atom. The fraction of sp³-hybridized carbons (Fsp3) is 0.545. The zero-order chi connectivity index (χ0) is 21.6. The number of amides is 2. The molecule has 2 amide bonds. The average molecular weight is 433 g/mol. The lowest BCUT2D eigenvalue weighted by Crippen LogP contribution is -2.48. The van der Waals surface area contributed by atoms with E-state index in [0.717, 1.165) is 49.1 Å². The van der Waals surface area contributed by atoms with E-state index in [4.69, 9.17) is 9.73 Å². The van der Waals surface area contributed by atoms with Crippen molar-refractivity contribution >= 4 is 29.3 Å². The molecule has 0 aromatic heterocycles. The maximum absolute atomic E-state index is 12.0. The summed E-state index contributed by atoms with van der Waals surface area (Å²) in [6.07, 6.45) is 4.32. The predicted molar refractivity (Wildman–Crippen MR) is 126 cm³/mol. The number of urea groups is 1. The lowest BCUT2D eigenvalue weighted by Gasteiger charge is -2.37. The van der Waals surface area contributed by atoms with Gasteiger partial charge in [0, 0.05) is 31.4 Å². The normalized spacial score (nSPS) is 21.6. The Bertz CT molecular complexity index is 787. The van der Waals surface area contributed by atoms with Crippen LogP contribution in [0.4, 0.5) is 10.5 Å². The molecule has 1 aromatic carbocycles. The summed E-state index contributed by atoms with van der Waals surface area (Å²) in [5.74, 6) is 2.38. The van der Waals surface area contributed by atoms with Crippen LogP contribution in [0.15, 0.2) is 41.0 Å². The smallest absolute Gasteiger partial charge is 0.319 e. The summed E-state index contributed by atoms with van der Waals surface area (Å²) >= 11 is 1.31. The molecule has 1 saturated heterocycles. The highest BCUT2D eigenvalue weighted by Crippen LogP contribution is 2.29. The van der Waals surface area contributed by atoms with Gasteiger partial charge in [-0.05, 0) is 42.3 Å². The van der Waals surface area contributed by atoms with E-state index in [0.29, 0.717) is 12.5 Å². The van der Waals surface area contributed by atoms with Crippen LogP contribution < -0.4 is 16.0 Å². The van der Waals surface area contributed by atoms with Crippen LogP contribution in [0.1, 0.15) is 26.3 Å². The number of nitrogens with one attached hydrogen (secondary N) is 3. The minimum Gasteiger partial charge on any atom is -0.378 e. The molecule has 3 N–H and O–H groups in total. The molecule has 0 radical (unpaired) electrons. The van der Waals surface area contributed by atoms with Crippen LogP contribution in [-0.2, 0) is 22.2 Å². The van der Waals surface area contributed by atoms with E-state index in [1.165, 1.54) is 17.5 Å². The van der Waals surface area contributed by atoms with Gasteiger partial charge >= 0.3 is 6.03 Å². The number of carbonyl (C=O) groups is 1. The molecule has 0 saturated carbocycles. The summed E-state index contributed by atoms with van der Waals surface area (Å²) in [7, 11) is 0. The van der Waals surface area contributed by atoms with Crippen molar-refractivity contribution in [2.45, 2.75) is 26.4 Å². The number of carbonyl (C=O) groups excluding carboxylic acids is 1. The predicted octanol–water partition coefficient (Wildman–Crippen LogP) is 2.30. The van der Waals surface area contributed by atoms with Crippen LogP contribution in [0, 0.1) is 5.92 Å². The zero-order valence-corrected chi connectivity index (χ0v) is 19.3. The van der Waals surface area contributed by atoms with E-state index < -0.39 is 5.66 Å². The topological polar surface area (TPSA) is 78.0 Å². The van der Waals surface area contributed by atoms with E-state index in [-0.39, 0.29) is 6.03 Å². The van der Waals surface area contributed by atoms with Crippen LogP contribution in [0.3, 0.4) is 0 Å². The largest absolute Gasteiger partial charge is 0.378 e. The Morgan fingerprint density at radius 3 is 2.63 bits per heavy atom. The molecule has 30 heavy (non-hydrogen) atoms. The maximum atomic E-state index is 12.0. The molecule has 0 bridgehead atoms. The summed E-state index contributed by atoms with van der Waals surface area (Å²) in [6.45, 7) is 10.1. The number of benzene rings is 1. The fourth-order valence-electron chi connectivity index (χ4n) is 3.49. The molecule has 2 aliphatic heterocycles. The number of anilines is 1. The van der Waals surface area contributed by atoms with Crippen LogP contribution in [0.5, 0.6) is 0 Å². The molecule has 0 aliphatic carbocycles. The summed E-state index contributed by atoms with van der Waals surface area (Å²) in [5.41, 5.74) is 2.45. The van der Waals surface area contributed by atoms with Crippen molar-refractivity contribution in [2.24, 2.45) is 10.9 Å². The van der Waals surface area contributed by atoms with Gasteiger partial charge in [-0.25, -0.2) is 9.79 Å². The van der Waals surface area contributed by atoms with Gasteiger partial charge in [0.05, 0.1) is 25.2 Å². The number of nitrogens with zero attached hydrogens (tertiary/aromatic N) is 2. The summed E-state index contributed by atoms with van der Waals surface area (Å²) in [6, 6.07) is 7.73. The molecule has 1 aromatic rings. The summed E-state index contributed by atoms with van der Waals surface area (Å²) < 4.78 is 5.50. The Morgan fingerprint density at radius 1 is 1.30 bits per heavy atom. The Balaban J connectivity index is 1.76. The Hall–Kier alpha value is -2.19. The van der Waals surface area contributed by atoms with E-state index in [1.807, 2.05) is 24.3 Å². The molecule has 1 unspecified atom stereocenters. The molecule has 3 rings (SSSR count). The standard InChI is InChI=1S/C22H33N5O2S/c1-16(2)14-23-21(28)24-18-7-5-17(6-8-18)22(3)25-19(15-30-4)13-20(26-22)27-9-11-29-12-10-27/h5-8,13,16,25H,9-12,14-15H2,1-4H3,(H2,23,24,28)/p+1. The minimum absolute atomic E-state index is 0.182. The van der Waals surface area contributed by atoms with Crippen LogP contribution >= 0.6 is 0 Å². The van der Waals surface area contributed by atoms with Gasteiger partial charge in [-0.15, -0.1) is 0 Å². The van der Waals surface area contributed by atoms with Gasteiger partial charge in [0.25, 0.3) is 0 Å². The van der Waals surface area contributed by atoms with Crippen molar-refractivity contribution in [2.75, 3.05) is 50.2 Å². The highest BCUT2D eigenvalue weighted by molar-refractivity contribution is 7.77. The van der Waals surface area contributed by atoms with Gasteiger partial charge in [0.2, 0.25) is 0 Å². The molecule has 7 nitrogen and oxygen atoms in total. The van der Waals surface area contributed by atoms with Gasteiger partial charge in [-0.1, -0.05) is 26.0 Å². The van der Waals surface area contributed by atoms with Crippen LogP contribution in [0.2, 0.25) is 0 Å². The van der Waals surface area contributed by atoms with Crippen LogP contribution in [0.25, 0.3) is 0 Å². The van der Waals surface area contributed by atoms with Gasteiger partial charge in [0.15, 0.2) is 5.66 Å². The molecule has 1 fully saturated rings. The first-order valence-corrected chi connectivity index (χ1v) is 12.0. The number of morpholine rings is 1. The van der Waals surface area contributed by atoms with Gasteiger partial charge in [-0.3, -0.25) is 0 Å². The lowest BCUT2D eigenvalue weighted by molar-refractivity contribution is 0.0677. The third kappa shape index (κ3) is 5.92. The van der Waals surface area contributed by atoms with E-state index >= 15 is 0 Å². The van der Waals surface area contributed by atoms with Gasteiger partial charge in [-0.2, -0.15) is 0 Å². The summed E-state index contributed by atoms with van der Waals surface area (Å²) in [4.78, 5) is 19.4. The van der Waals surface area contributed by atoms with Crippen molar-refractivity contribution in [3.8, 4) is 0 Å². The van der Waals surface area contributed by atoms with Gasteiger partial charge in [0.1, 0.15) is 11.6 Å². The number of hydrogen-bond donors (Lipinski definition) is 3. The average Bonchev–Trinajstić information content (AvgIpc) is 2.73. The lowest BCUT2D eigenvalue weighted by atomic mass is 9.99. The molecule has 2 aliphatic rings. The molecule has 0 spiro atoms. The molecular weight excluding hydrogens is 398 g/mol. The second-order valence-electron chi connectivity index (χ2n) is 8.22. The summed E-state index contributed by atoms with van der Waals surface area (Å²) in [5, 5.41) is 9.38. The molecule has 1 atom stereocenters. The van der Waals surface area contributed by atoms with Crippen molar-refractivity contribution in [1.29, 1.82) is 0 Å². The quantitative estimate of drug-likeness (QED) is 0.476. The molecule has 2 heterocycles. The molecule has 8 heteroatoms.